The minimum absolute atomic E-state index is 0.104. The van der Waals surface area contributed by atoms with Crippen LogP contribution in [-0.4, -0.2) is 40.9 Å². The van der Waals surface area contributed by atoms with Crippen LogP contribution in [0.25, 0.3) is 0 Å². The van der Waals surface area contributed by atoms with Crippen molar-refractivity contribution in [1.29, 1.82) is 0 Å². The maximum absolute atomic E-state index is 12.4. The molecule has 0 bridgehead atoms. The van der Waals surface area contributed by atoms with Gasteiger partial charge in [-0.1, -0.05) is 6.07 Å². The summed E-state index contributed by atoms with van der Waals surface area (Å²) in [5, 5.41) is 0.305. The second-order valence-corrected chi connectivity index (χ2v) is 5.11. The van der Waals surface area contributed by atoms with E-state index in [2.05, 4.69) is 0 Å². The molecule has 2 aliphatic rings. The first-order valence-corrected chi connectivity index (χ1v) is 7.09. The number of imide groups is 2. The average Bonchev–Trinajstić information content (AvgIpc) is 3.09. The molecular weight excluding hydrogens is 332 g/mol. The summed E-state index contributed by atoms with van der Waals surface area (Å²) in [6.45, 7) is 0. The number of amides is 4. The molecule has 1 aromatic carbocycles. The lowest BCUT2D eigenvalue weighted by Crippen LogP contribution is -2.35. The predicted octanol–water partition coefficient (Wildman–Crippen LogP) is -0.205. The number of hydrogen-bond donors (Lipinski definition) is 0. The minimum atomic E-state index is -1.23. The van der Waals surface area contributed by atoms with Gasteiger partial charge in [0, 0.05) is 30.6 Å². The van der Waals surface area contributed by atoms with Crippen molar-refractivity contribution in [3.05, 3.63) is 41.5 Å². The smallest absolute Gasteiger partial charge is 0.325 e. The molecule has 2 heterocycles. The Morgan fingerprint density at radius 3 is 2.16 bits per heavy atom. The maximum Gasteiger partial charge on any atom is 0.366 e. The van der Waals surface area contributed by atoms with Gasteiger partial charge in [0.25, 0.3) is 23.6 Å². The summed E-state index contributed by atoms with van der Waals surface area (Å²) in [6.07, 6.45) is 3.31. The zero-order chi connectivity index (χ0) is 18.1. The van der Waals surface area contributed by atoms with E-state index in [-0.39, 0.29) is 24.1 Å². The first-order valence-electron chi connectivity index (χ1n) is 7.09. The molecule has 0 spiro atoms. The topological polar surface area (TPSA) is 118 Å². The number of carbonyl (C=O) groups excluding carboxylic acids is 6. The lowest BCUT2D eigenvalue weighted by atomic mass is 10.1. The molecular formula is C16H9N2O7. The fourth-order valence-electron chi connectivity index (χ4n) is 2.45. The molecule has 3 rings (SSSR count). The van der Waals surface area contributed by atoms with Crippen LogP contribution in [0.2, 0.25) is 0 Å². The van der Waals surface area contributed by atoms with Crippen LogP contribution in [-0.2, 0) is 28.8 Å². The first-order chi connectivity index (χ1) is 11.9. The summed E-state index contributed by atoms with van der Waals surface area (Å²) in [5.74, 6) is -4.07. The van der Waals surface area contributed by atoms with Crippen LogP contribution in [0.15, 0.2) is 30.4 Å². The van der Waals surface area contributed by atoms with E-state index in [1.165, 1.54) is 24.5 Å². The number of hydroxylamine groups is 2. The zero-order valence-corrected chi connectivity index (χ0v) is 12.6. The average molecular weight is 341 g/mol. The third-order valence-electron chi connectivity index (χ3n) is 3.59. The van der Waals surface area contributed by atoms with Gasteiger partial charge < -0.3 is 4.84 Å². The second-order valence-electron chi connectivity index (χ2n) is 5.11. The number of benzene rings is 1. The highest BCUT2D eigenvalue weighted by Crippen LogP contribution is 2.28. The van der Waals surface area contributed by atoms with Crippen molar-refractivity contribution in [2.24, 2.45) is 0 Å². The lowest BCUT2D eigenvalue weighted by molar-refractivity contribution is -0.172. The Balaban J connectivity index is 2.02. The van der Waals surface area contributed by atoms with E-state index in [4.69, 9.17) is 4.84 Å². The molecule has 125 valence electrons. The summed E-state index contributed by atoms with van der Waals surface area (Å²) in [7, 11) is 0. The van der Waals surface area contributed by atoms with Crippen LogP contribution in [0.3, 0.4) is 0 Å². The van der Waals surface area contributed by atoms with Crippen LogP contribution >= 0.6 is 0 Å². The Labute approximate surface area is 140 Å². The Bertz CT molecular complexity index is 837. The van der Waals surface area contributed by atoms with Crippen molar-refractivity contribution in [2.45, 2.75) is 12.8 Å². The molecule has 4 amide bonds. The lowest BCUT2D eigenvalue weighted by Gasteiger charge is -2.19. The van der Waals surface area contributed by atoms with E-state index in [0.717, 1.165) is 12.2 Å². The monoisotopic (exact) mass is 341 g/mol. The molecule has 0 aromatic heterocycles. The quantitative estimate of drug-likeness (QED) is 0.696. The van der Waals surface area contributed by atoms with Crippen LogP contribution in [0.1, 0.15) is 28.8 Å². The van der Waals surface area contributed by atoms with Crippen LogP contribution in [0, 0.1) is 0 Å². The summed E-state index contributed by atoms with van der Waals surface area (Å²) in [5.41, 5.74) is -0.936. The summed E-state index contributed by atoms with van der Waals surface area (Å²) < 4.78 is 0. The number of anilines is 1. The van der Waals surface area contributed by atoms with Crippen LogP contribution in [0.5, 0.6) is 0 Å². The molecule has 0 atom stereocenters. The maximum atomic E-state index is 12.4. The largest absolute Gasteiger partial charge is 0.366 e. The Morgan fingerprint density at radius 2 is 1.60 bits per heavy atom. The van der Waals surface area contributed by atoms with Crippen molar-refractivity contribution < 1.29 is 33.6 Å². The summed E-state index contributed by atoms with van der Waals surface area (Å²) in [4.78, 5) is 75.9. The highest BCUT2D eigenvalue weighted by atomic mass is 16.7. The zero-order valence-electron chi connectivity index (χ0n) is 12.6. The van der Waals surface area contributed by atoms with Crippen LogP contribution < -0.4 is 4.90 Å². The molecule has 0 unspecified atom stereocenters. The van der Waals surface area contributed by atoms with Gasteiger partial charge in [0.05, 0.1) is 11.3 Å². The van der Waals surface area contributed by atoms with E-state index in [1.807, 2.05) is 0 Å². The van der Waals surface area contributed by atoms with E-state index < -0.39 is 35.2 Å². The van der Waals surface area contributed by atoms with E-state index >= 15 is 0 Å². The van der Waals surface area contributed by atoms with Crippen molar-refractivity contribution in [2.75, 3.05) is 4.90 Å². The number of hydrogen-bond acceptors (Lipinski definition) is 7. The van der Waals surface area contributed by atoms with Gasteiger partial charge in [0.2, 0.25) is 6.29 Å². The van der Waals surface area contributed by atoms with Crippen molar-refractivity contribution >= 4 is 41.6 Å². The first kappa shape index (κ1) is 16.2. The van der Waals surface area contributed by atoms with Crippen molar-refractivity contribution in [3.63, 3.8) is 0 Å². The minimum Gasteiger partial charge on any atom is -0.325 e. The van der Waals surface area contributed by atoms with Gasteiger partial charge in [-0.05, 0) is 12.1 Å². The van der Waals surface area contributed by atoms with Gasteiger partial charge in [0.1, 0.15) is 0 Å². The standard InChI is InChI=1S/C16H9N2O7/c19-8-9-2-1-3-10(17-11(20)4-5-12(17)21)15(9)16(24)25-18-13(22)6-7-14(18)23/h1-5H,6-7H2. The Morgan fingerprint density at radius 1 is 1.00 bits per heavy atom. The molecule has 2 aliphatic heterocycles. The van der Waals surface area contributed by atoms with E-state index in [0.29, 0.717) is 9.96 Å². The third-order valence-corrected chi connectivity index (χ3v) is 3.59. The molecule has 9 nitrogen and oxygen atoms in total. The van der Waals surface area contributed by atoms with Gasteiger partial charge in [-0.3, -0.25) is 24.0 Å². The molecule has 1 aromatic rings. The number of rotatable bonds is 4. The number of nitrogens with zero attached hydrogens (tertiary/aromatic N) is 2. The highest BCUT2D eigenvalue weighted by Gasteiger charge is 2.36. The number of carbonyl (C=O) groups is 5. The van der Waals surface area contributed by atoms with Crippen LogP contribution in [0.4, 0.5) is 5.69 Å². The van der Waals surface area contributed by atoms with Crippen molar-refractivity contribution in [3.8, 4) is 0 Å². The Hall–Kier alpha value is -3.62. The second kappa shape index (κ2) is 6.11. The highest BCUT2D eigenvalue weighted by molar-refractivity contribution is 6.29. The molecule has 1 radical (unpaired) electrons. The summed E-state index contributed by atoms with van der Waals surface area (Å²) in [6, 6.07) is 3.82. The van der Waals surface area contributed by atoms with Gasteiger partial charge in [-0.25, -0.2) is 9.69 Å². The fourth-order valence-corrected chi connectivity index (χ4v) is 2.45. The van der Waals surface area contributed by atoms with Gasteiger partial charge in [0.15, 0.2) is 0 Å². The van der Waals surface area contributed by atoms with Gasteiger partial charge in [-0.15, -0.1) is 5.06 Å². The molecule has 1 fully saturated rings. The van der Waals surface area contributed by atoms with Gasteiger partial charge >= 0.3 is 5.97 Å². The molecule has 0 N–H and O–H groups in total. The predicted molar refractivity (Wildman–Crippen MR) is 79.4 cm³/mol. The molecule has 25 heavy (non-hydrogen) atoms. The fraction of sp³-hybridized carbons (Fsp3) is 0.125. The molecule has 9 heteroatoms. The molecule has 1 saturated heterocycles. The molecule has 0 aliphatic carbocycles. The van der Waals surface area contributed by atoms with Crippen molar-refractivity contribution in [1.82, 2.24) is 5.06 Å². The SMILES string of the molecule is O=[C]c1cccc(N2C(=O)C=CC2=O)c1C(=O)ON1C(=O)CCC1=O. The van der Waals surface area contributed by atoms with E-state index in [1.54, 1.807) is 0 Å². The summed E-state index contributed by atoms with van der Waals surface area (Å²) >= 11 is 0. The Kier molecular flexibility index (Phi) is 3.97. The van der Waals surface area contributed by atoms with E-state index in [9.17, 15) is 28.8 Å². The van der Waals surface area contributed by atoms with Gasteiger partial charge in [-0.2, -0.15) is 0 Å². The third kappa shape index (κ3) is 2.71. The molecule has 0 saturated carbocycles. The normalized spacial score (nSPS) is 16.8.